The number of imide groups is 1. The summed E-state index contributed by atoms with van der Waals surface area (Å²) in [7, 11) is 0. The first-order valence-electron chi connectivity index (χ1n) is 8.01. The van der Waals surface area contributed by atoms with Crippen molar-refractivity contribution in [1.82, 2.24) is 10.2 Å². The molecular weight excluding hydrogens is 326 g/mol. The largest absolute Gasteiger partial charge is 0.350 e. The molecule has 1 aromatic carbocycles. The van der Waals surface area contributed by atoms with Crippen LogP contribution in [0.25, 0.3) is 0 Å². The van der Waals surface area contributed by atoms with Crippen molar-refractivity contribution in [3.63, 3.8) is 0 Å². The molecule has 1 aliphatic rings. The van der Waals surface area contributed by atoms with Crippen LogP contribution >= 0.6 is 11.8 Å². The summed E-state index contributed by atoms with van der Waals surface area (Å²) in [4.78, 5) is 36.9. The smallest absolute Gasteiger partial charge is 0.289 e. The second-order valence-electron chi connectivity index (χ2n) is 5.99. The molecule has 2 rings (SSSR count). The minimum absolute atomic E-state index is 0.186. The predicted octanol–water partition coefficient (Wildman–Crippen LogP) is 2.13. The van der Waals surface area contributed by atoms with E-state index in [9.17, 15) is 14.4 Å². The zero-order chi connectivity index (χ0) is 17.7. The SMILES string of the molecule is CCC(N)(CC)CNC(=O)c1cccc(CN2C(=O)CSC2=O)c1. The summed E-state index contributed by atoms with van der Waals surface area (Å²) >= 11 is 1.00. The number of nitrogens with one attached hydrogen (secondary N) is 1. The number of hydrogen-bond acceptors (Lipinski definition) is 5. The van der Waals surface area contributed by atoms with Crippen molar-refractivity contribution < 1.29 is 14.4 Å². The summed E-state index contributed by atoms with van der Waals surface area (Å²) in [6.45, 7) is 4.59. The standard InChI is InChI=1S/C17H23N3O3S/c1-3-17(18,4-2)11-19-15(22)13-7-5-6-12(8-13)9-20-14(21)10-24-16(20)23/h5-8H,3-4,9-11,18H2,1-2H3,(H,19,22). The van der Waals surface area contributed by atoms with Crippen LogP contribution in [0.3, 0.4) is 0 Å². The Morgan fingerprint density at radius 1 is 1.33 bits per heavy atom. The van der Waals surface area contributed by atoms with Crippen LogP contribution in [0.15, 0.2) is 24.3 Å². The zero-order valence-corrected chi connectivity index (χ0v) is 14.8. The molecule has 1 saturated heterocycles. The molecule has 1 aliphatic heterocycles. The first-order chi connectivity index (χ1) is 11.4. The molecule has 6 nitrogen and oxygen atoms in total. The van der Waals surface area contributed by atoms with Gasteiger partial charge in [0.05, 0.1) is 12.3 Å². The number of rotatable bonds is 7. The molecule has 7 heteroatoms. The van der Waals surface area contributed by atoms with Crippen LogP contribution in [0.2, 0.25) is 0 Å². The van der Waals surface area contributed by atoms with E-state index in [0.717, 1.165) is 30.2 Å². The van der Waals surface area contributed by atoms with E-state index < -0.39 is 5.54 Å². The van der Waals surface area contributed by atoms with Crippen LogP contribution < -0.4 is 11.1 Å². The maximum absolute atomic E-state index is 12.3. The lowest BCUT2D eigenvalue weighted by atomic mass is 9.94. The van der Waals surface area contributed by atoms with Gasteiger partial charge >= 0.3 is 0 Å². The molecule has 0 aliphatic carbocycles. The number of thioether (sulfide) groups is 1. The molecule has 0 aromatic heterocycles. The number of carbonyl (C=O) groups is 3. The van der Waals surface area contributed by atoms with Crippen molar-refractivity contribution in [3.05, 3.63) is 35.4 Å². The third-order valence-electron chi connectivity index (χ3n) is 4.38. The van der Waals surface area contributed by atoms with Gasteiger partial charge in [0, 0.05) is 17.6 Å². The number of hydrogen-bond donors (Lipinski definition) is 2. The van der Waals surface area contributed by atoms with Crippen molar-refractivity contribution in [2.75, 3.05) is 12.3 Å². The lowest BCUT2D eigenvalue weighted by Crippen LogP contribution is -2.49. The van der Waals surface area contributed by atoms with Gasteiger partial charge in [0.15, 0.2) is 0 Å². The number of nitrogens with two attached hydrogens (primary N) is 1. The van der Waals surface area contributed by atoms with Gasteiger partial charge in [0.2, 0.25) is 5.91 Å². The molecule has 0 unspecified atom stereocenters. The number of benzene rings is 1. The Balaban J connectivity index is 2.03. The van der Waals surface area contributed by atoms with Crippen LogP contribution in [-0.2, 0) is 11.3 Å². The van der Waals surface area contributed by atoms with E-state index in [1.807, 2.05) is 13.8 Å². The Kier molecular flexibility index (Phi) is 6.01. The molecule has 1 aromatic rings. The molecule has 3 amide bonds. The van der Waals surface area contributed by atoms with E-state index in [1.165, 1.54) is 4.90 Å². The van der Waals surface area contributed by atoms with Crippen molar-refractivity contribution in [1.29, 1.82) is 0 Å². The van der Waals surface area contributed by atoms with Crippen molar-refractivity contribution in [2.45, 2.75) is 38.8 Å². The fraction of sp³-hybridized carbons (Fsp3) is 0.471. The fourth-order valence-corrected chi connectivity index (χ4v) is 3.11. The van der Waals surface area contributed by atoms with Crippen LogP contribution in [-0.4, -0.2) is 39.8 Å². The highest BCUT2D eigenvalue weighted by atomic mass is 32.2. The highest BCUT2D eigenvalue weighted by molar-refractivity contribution is 8.14. The van der Waals surface area contributed by atoms with Gasteiger partial charge in [-0.3, -0.25) is 19.3 Å². The Morgan fingerprint density at radius 3 is 2.62 bits per heavy atom. The summed E-state index contributed by atoms with van der Waals surface area (Å²) in [6, 6.07) is 6.95. The molecule has 130 valence electrons. The molecule has 1 heterocycles. The lowest BCUT2D eigenvalue weighted by Gasteiger charge is -2.26. The van der Waals surface area contributed by atoms with Crippen molar-refractivity contribution in [2.24, 2.45) is 5.73 Å². The maximum Gasteiger partial charge on any atom is 0.289 e. The van der Waals surface area contributed by atoms with E-state index in [2.05, 4.69) is 5.32 Å². The minimum atomic E-state index is -0.404. The monoisotopic (exact) mass is 349 g/mol. The maximum atomic E-state index is 12.3. The molecule has 1 fully saturated rings. The highest BCUT2D eigenvalue weighted by Crippen LogP contribution is 2.21. The summed E-state index contributed by atoms with van der Waals surface area (Å²) < 4.78 is 0. The average molecular weight is 349 g/mol. The first-order valence-corrected chi connectivity index (χ1v) is 9.00. The summed E-state index contributed by atoms with van der Waals surface area (Å²) in [5, 5.41) is 2.62. The van der Waals surface area contributed by atoms with Gasteiger partial charge in [-0.05, 0) is 30.5 Å². The van der Waals surface area contributed by atoms with Gasteiger partial charge in [-0.2, -0.15) is 0 Å². The molecular formula is C17H23N3O3S. The number of carbonyl (C=O) groups excluding carboxylic acids is 3. The Morgan fingerprint density at radius 2 is 2.04 bits per heavy atom. The number of amides is 3. The van der Waals surface area contributed by atoms with Gasteiger partial charge in [-0.1, -0.05) is 37.7 Å². The van der Waals surface area contributed by atoms with Gasteiger partial charge in [0.1, 0.15) is 0 Å². The van der Waals surface area contributed by atoms with Crippen LogP contribution in [0, 0.1) is 0 Å². The van der Waals surface area contributed by atoms with Gasteiger partial charge in [-0.15, -0.1) is 0 Å². The third kappa shape index (κ3) is 4.36. The molecule has 24 heavy (non-hydrogen) atoms. The fourth-order valence-electron chi connectivity index (χ4n) is 2.39. The van der Waals surface area contributed by atoms with Gasteiger partial charge < -0.3 is 11.1 Å². The second kappa shape index (κ2) is 7.81. The normalized spacial score (nSPS) is 15.0. The predicted molar refractivity (Wildman–Crippen MR) is 94.7 cm³/mol. The van der Waals surface area contributed by atoms with E-state index >= 15 is 0 Å². The molecule has 0 spiro atoms. The second-order valence-corrected chi connectivity index (χ2v) is 6.91. The molecule has 0 radical (unpaired) electrons. The van der Waals surface area contributed by atoms with Crippen molar-refractivity contribution in [3.8, 4) is 0 Å². The summed E-state index contributed by atoms with van der Waals surface area (Å²) in [6.07, 6.45) is 1.56. The van der Waals surface area contributed by atoms with Gasteiger partial charge in [0.25, 0.3) is 11.1 Å². The average Bonchev–Trinajstić information content (AvgIpc) is 2.91. The Labute approximate surface area is 146 Å². The van der Waals surface area contributed by atoms with E-state index in [-0.39, 0.29) is 29.4 Å². The minimum Gasteiger partial charge on any atom is -0.350 e. The van der Waals surface area contributed by atoms with Gasteiger partial charge in [-0.25, -0.2) is 0 Å². The molecule has 3 N–H and O–H groups in total. The van der Waals surface area contributed by atoms with E-state index in [1.54, 1.807) is 24.3 Å². The highest BCUT2D eigenvalue weighted by Gasteiger charge is 2.29. The molecule has 0 saturated carbocycles. The van der Waals surface area contributed by atoms with E-state index in [0.29, 0.717) is 12.1 Å². The quantitative estimate of drug-likeness (QED) is 0.787. The topological polar surface area (TPSA) is 92.5 Å². The molecule has 0 atom stereocenters. The summed E-state index contributed by atoms with van der Waals surface area (Å²) in [5.41, 5.74) is 7.03. The summed E-state index contributed by atoms with van der Waals surface area (Å²) in [5.74, 6) is -0.216. The van der Waals surface area contributed by atoms with Crippen LogP contribution in [0.1, 0.15) is 42.6 Å². The Hall–Kier alpha value is -1.86. The zero-order valence-electron chi connectivity index (χ0n) is 14.0. The Bertz CT molecular complexity index is 628. The van der Waals surface area contributed by atoms with Crippen molar-refractivity contribution >= 4 is 28.8 Å². The van der Waals surface area contributed by atoms with Crippen LogP contribution in [0.4, 0.5) is 4.79 Å². The first kappa shape index (κ1) is 18.5. The third-order valence-corrected chi connectivity index (χ3v) is 5.24. The van der Waals surface area contributed by atoms with E-state index in [4.69, 9.17) is 5.73 Å². The molecule has 0 bridgehead atoms. The number of nitrogens with zero attached hydrogens (tertiary/aromatic N) is 1. The van der Waals surface area contributed by atoms with Crippen LogP contribution in [0.5, 0.6) is 0 Å². The lowest BCUT2D eigenvalue weighted by molar-refractivity contribution is -0.125.